The molecule has 3 aromatic rings. The van der Waals surface area contributed by atoms with Gasteiger partial charge in [-0.25, -0.2) is 0 Å². The molecule has 0 fully saturated rings. The van der Waals surface area contributed by atoms with Crippen molar-refractivity contribution in [3.63, 3.8) is 0 Å². The Kier molecular flexibility index (Phi) is 7.79. The van der Waals surface area contributed by atoms with E-state index in [0.29, 0.717) is 24.1 Å². The summed E-state index contributed by atoms with van der Waals surface area (Å²) in [6.45, 7) is 7.44. The van der Waals surface area contributed by atoms with Crippen molar-refractivity contribution >= 4 is 28.3 Å². The average molecular weight is 418 g/mol. The van der Waals surface area contributed by atoms with Crippen LogP contribution in [0.2, 0.25) is 0 Å². The second kappa shape index (κ2) is 10.7. The van der Waals surface area contributed by atoms with Crippen LogP contribution < -0.4 is 10.6 Å². The predicted molar refractivity (Wildman–Crippen MR) is 127 cm³/mol. The largest absolute Gasteiger partial charge is 0.355 e. The number of rotatable bonds is 9. The fraction of sp³-hybridized carbons (Fsp3) is 0.308. The molecule has 0 radical (unpaired) electrons. The summed E-state index contributed by atoms with van der Waals surface area (Å²) < 4.78 is 0. The van der Waals surface area contributed by atoms with Crippen LogP contribution in [-0.2, 0) is 17.8 Å². The zero-order valence-corrected chi connectivity index (χ0v) is 18.6. The van der Waals surface area contributed by atoms with Gasteiger partial charge in [0.1, 0.15) is 0 Å². The van der Waals surface area contributed by atoms with Crippen molar-refractivity contribution in [1.82, 2.24) is 10.2 Å². The zero-order valence-electron chi connectivity index (χ0n) is 18.6. The van der Waals surface area contributed by atoms with Gasteiger partial charge >= 0.3 is 0 Å². The van der Waals surface area contributed by atoms with Gasteiger partial charge in [-0.1, -0.05) is 44.2 Å². The fourth-order valence-corrected chi connectivity index (χ4v) is 3.63. The molecule has 0 bridgehead atoms. The quantitative estimate of drug-likeness (QED) is 0.534. The van der Waals surface area contributed by atoms with Gasteiger partial charge in [0.15, 0.2) is 0 Å². The van der Waals surface area contributed by atoms with Gasteiger partial charge in [0.05, 0.1) is 0 Å². The highest BCUT2D eigenvalue weighted by molar-refractivity contribution is 5.95. The van der Waals surface area contributed by atoms with Crippen LogP contribution in [0.5, 0.6) is 0 Å². The van der Waals surface area contributed by atoms with E-state index >= 15 is 0 Å². The minimum atomic E-state index is -0.144. The van der Waals surface area contributed by atoms with Gasteiger partial charge in [0.25, 0.3) is 5.91 Å². The smallest absolute Gasteiger partial charge is 0.251 e. The van der Waals surface area contributed by atoms with E-state index in [1.165, 1.54) is 16.3 Å². The number of fused-ring (bicyclic) bond motifs is 1. The van der Waals surface area contributed by atoms with Crippen LogP contribution in [0.3, 0.4) is 0 Å². The molecule has 0 atom stereocenters. The molecule has 0 heterocycles. The van der Waals surface area contributed by atoms with Gasteiger partial charge in [-0.3, -0.25) is 14.5 Å². The summed E-state index contributed by atoms with van der Waals surface area (Å²) in [4.78, 5) is 26.3. The lowest BCUT2D eigenvalue weighted by molar-refractivity contribution is -0.116. The molecule has 5 nitrogen and oxygen atoms in total. The average Bonchev–Trinajstić information content (AvgIpc) is 2.81. The summed E-state index contributed by atoms with van der Waals surface area (Å²) in [6, 6.07) is 19.9. The molecule has 0 aliphatic heterocycles. The van der Waals surface area contributed by atoms with Crippen molar-refractivity contribution in [1.29, 1.82) is 0 Å². The van der Waals surface area contributed by atoms with Crippen molar-refractivity contribution in [2.45, 2.75) is 33.2 Å². The number of amides is 2. The van der Waals surface area contributed by atoms with E-state index in [9.17, 15) is 9.59 Å². The van der Waals surface area contributed by atoms with E-state index in [2.05, 4.69) is 65.8 Å². The number of anilines is 1. The van der Waals surface area contributed by atoms with Gasteiger partial charge in [-0.15, -0.1) is 0 Å². The molecule has 2 N–H and O–H groups in total. The number of carbonyl (C=O) groups excluding carboxylic acids is 2. The van der Waals surface area contributed by atoms with Crippen molar-refractivity contribution in [3.8, 4) is 0 Å². The van der Waals surface area contributed by atoms with E-state index in [1.807, 2.05) is 0 Å². The number of hydrogen-bond donors (Lipinski definition) is 2. The van der Waals surface area contributed by atoms with Crippen LogP contribution in [0.25, 0.3) is 10.8 Å². The van der Waals surface area contributed by atoms with Crippen molar-refractivity contribution in [2.24, 2.45) is 0 Å². The fourth-order valence-electron chi connectivity index (χ4n) is 3.63. The van der Waals surface area contributed by atoms with Crippen LogP contribution in [0.1, 0.15) is 41.8 Å². The highest BCUT2D eigenvalue weighted by Crippen LogP contribution is 2.20. The van der Waals surface area contributed by atoms with Crippen LogP contribution in [-0.4, -0.2) is 36.9 Å². The Morgan fingerprint density at radius 1 is 0.839 bits per heavy atom. The van der Waals surface area contributed by atoms with Crippen LogP contribution in [0.15, 0.2) is 60.7 Å². The Balaban J connectivity index is 1.57. The molecule has 5 heteroatoms. The summed E-state index contributed by atoms with van der Waals surface area (Å²) in [5.74, 6) is -0.184. The molecule has 0 saturated heterocycles. The number of nitrogens with one attached hydrogen (secondary N) is 2. The Morgan fingerprint density at radius 2 is 1.45 bits per heavy atom. The monoisotopic (exact) mass is 417 g/mol. The number of hydrogen-bond acceptors (Lipinski definition) is 3. The lowest BCUT2D eigenvalue weighted by Gasteiger charge is -2.18. The number of nitrogens with zero attached hydrogens (tertiary/aromatic N) is 1. The van der Waals surface area contributed by atoms with E-state index < -0.39 is 0 Å². The zero-order chi connectivity index (χ0) is 22.2. The van der Waals surface area contributed by atoms with E-state index in [-0.39, 0.29) is 11.8 Å². The van der Waals surface area contributed by atoms with Gasteiger partial charge < -0.3 is 10.6 Å². The molecule has 0 spiro atoms. The molecule has 0 saturated carbocycles. The van der Waals surface area contributed by atoms with Crippen LogP contribution in [0.4, 0.5) is 5.69 Å². The molecular weight excluding hydrogens is 386 g/mol. The lowest BCUT2D eigenvalue weighted by atomic mass is 10.0. The Morgan fingerprint density at radius 3 is 2.06 bits per heavy atom. The summed E-state index contributed by atoms with van der Waals surface area (Å²) in [7, 11) is 1.59. The molecule has 0 aliphatic carbocycles. The normalized spacial score (nSPS) is 11.0. The predicted octanol–water partition coefficient (Wildman–Crippen LogP) is 4.61. The Bertz CT molecular complexity index is 1040. The highest BCUT2D eigenvalue weighted by atomic mass is 16.2. The molecule has 0 unspecified atom stereocenters. The molecule has 3 rings (SSSR count). The summed E-state index contributed by atoms with van der Waals surface area (Å²) in [5.41, 5.74) is 3.73. The van der Waals surface area contributed by atoms with Crippen molar-refractivity contribution in [2.75, 3.05) is 25.5 Å². The van der Waals surface area contributed by atoms with Gasteiger partial charge in [-0.05, 0) is 71.7 Å². The van der Waals surface area contributed by atoms with Crippen molar-refractivity contribution in [3.05, 3.63) is 77.4 Å². The molecule has 3 aromatic carbocycles. The maximum absolute atomic E-state index is 12.3. The minimum Gasteiger partial charge on any atom is -0.355 e. The Labute approximate surface area is 184 Å². The Hall–Kier alpha value is -3.18. The maximum atomic E-state index is 12.3. The van der Waals surface area contributed by atoms with E-state index in [1.54, 1.807) is 31.3 Å². The molecule has 2 amide bonds. The number of aryl methyl sites for hydroxylation is 1. The number of carbonyl (C=O) groups is 2. The molecule has 0 aliphatic rings. The third-order valence-corrected chi connectivity index (χ3v) is 5.57. The summed E-state index contributed by atoms with van der Waals surface area (Å²) >= 11 is 0. The third kappa shape index (κ3) is 6.15. The molecule has 162 valence electrons. The second-order valence-electron chi connectivity index (χ2n) is 7.68. The highest BCUT2D eigenvalue weighted by Gasteiger charge is 2.07. The summed E-state index contributed by atoms with van der Waals surface area (Å²) in [6.07, 6.45) is 1.09. The first-order chi connectivity index (χ1) is 15.0. The maximum Gasteiger partial charge on any atom is 0.251 e. The SMILES string of the molecule is CCN(CC)Cc1ccc2cc(CCC(=O)Nc3ccc(C(=O)NC)cc3)ccc2c1. The molecular formula is C26H31N3O2. The first kappa shape index (κ1) is 22.5. The molecule has 31 heavy (non-hydrogen) atoms. The first-order valence-corrected chi connectivity index (χ1v) is 10.9. The third-order valence-electron chi connectivity index (χ3n) is 5.57. The first-order valence-electron chi connectivity index (χ1n) is 10.9. The van der Waals surface area contributed by atoms with Crippen LogP contribution >= 0.6 is 0 Å². The van der Waals surface area contributed by atoms with E-state index in [4.69, 9.17) is 0 Å². The number of benzene rings is 3. The van der Waals surface area contributed by atoms with Crippen LogP contribution in [0, 0.1) is 0 Å². The molecule has 0 aromatic heterocycles. The topological polar surface area (TPSA) is 61.4 Å². The second-order valence-corrected chi connectivity index (χ2v) is 7.68. The van der Waals surface area contributed by atoms with Crippen molar-refractivity contribution < 1.29 is 9.59 Å². The van der Waals surface area contributed by atoms with Gasteiger partial charge in [0.2, 0.25) is 5.91 Å². The van der Waals surface area contributed by atoms with Gasteiger partial charge in [0, 0.05) is 31.3 Å². The lowest BCUT2D eigenvalue weighted by Crippen LogP contribution is -2.21. The summed E-state index contributed by atoms with van der Waals surface area (Å²) in [5, 5.41) is 7.91. The van der Waals surface area contributed by atoms with Gasteiger partial charge in [-0.2, -0.15) is 0 Å². The standard InChI is InChI=1S/C26H31N3O2/c1-4-29(5-2)18-20-7-10-22-16-19(6-9-23(22)17-20)8-15-25(30)28-24-13-11-21(12-14-24)26(31)27-3/h6-7,9-14,16-17H,4-5,8,15,18H2,1-3H3,(H,27,31)(H,28,30). The minimum absolute atomic E-state index is 0.0395. The van der Waals surface area contributed by atoms with E-state index in [0.717, 1.165) is 25.2 Å².